The summed E-state index contributed by atoms with van der Waals surface area (Å²) in [5, 5.41) is 5.89. The van der Waals surface area contributed by atoms with Crippen molar-refractivity contribution in [1.82, 2.24) is 10.6 Å². The second-order valence-corrected chi connectivity index (χ2v) is 22.1. The summed E-state index contributed by atoms with van der Waals surface area (Å²) in [6.07, 6.45) is 1.71. The highest BCUT2D eigenvalue weighted by Crippen LogP contribution is 2.38. The molecule has 412 valence electrons. The van der Waals surface area contributed by atoms with E-state index in [0.717, 1.165) is 37.6 Å². The van der Waals surface area contributed by atoms with Gasteiger partial charge in [-0.05, 0) is 78.3 Å². The minimum Gasteiger partial charge on any atom is -1.00 e. The smallest absolute Gasteiger partial charge is 0.252 e. The SMILES string of the molecule is CC(C)[Si](F)(CCCNC(=O)c1ccccc1)C(C)C.CCO[Si](CCCNC(=O)c1ccccc1)(C(C)C)C(C)C.[F-].[F-].[F-].[F-].[F-].[F-].[F-].[F-].[F-].[F-].[F-].[F-].[F-].[F-].[F-].[F-].[F-].[F-].[F-].[F-].[F-].[F-]. The third-order valence-electron chi connectivity index (χ3n) is 8.41. The van der Waals surface area contributed by atoms with Gasteiger partial charge in [0, 0.05) is 30.8 Å². The molecule has 64 heavy (non-hydrogen) atoms. The molecule has 0 unspecified atom stereocenters. The van der Waals surface area contributed by atoms with Gasteiger partial charge in [0.2, 0.25) is 0 Å². The Balaban J connectivity index is -0.0000000205. The Morgan fingerprint density at radius 2 is 0.703 bits per heavy atom. The van der Waals surface area contributed by atoms with Crippen molar-refractivity contribution in [2.24, 2.45) is 0 Å². The summed E-state index contributed by atoms with van der Waals surface area (Å²) in [5.41, 5.74) is 2.83. The minimum atomic E-state index is -2.71. The third-order valence-corrected chi connectivity index (χ3v) is 19.2. The van der Waals surface area contributed by atoms with Crippen LogP contribution in [0.2, 0.25) is 34.3 Å². The Bertz CT molecular complexity index is 1070. The highest BCUT2D eigenvalue weighted by molar-refractivity contribution is 6.76. The van der Waals surface area contributed by atoms with Crippen molar-refractivity contribution in [3.63, 3.8) is 0 Å². The predicted molar refractivity (Wildman–Crippen MR) is 181 cm³/mol. The largest absolute Gasteiger partial charge is 1.00 e. The van der Waals surface area contributed by atoms with Gasteiger partial charge in [-0.2, -0.15) is 0 Å². The highest BCUT2D eigenvalue weighted by Gasteiger charge is 2.41. The molecule has 0 heterocycles. The lowest BCUT2D eigenvalue weighted by Gasteiger charge is -2.38. The summed E-state index contributed by atoms with van der Waals surface area (Å²) in [7, 11) is -4.46. The molecule has 0 aliphatic rings. The maximum atomic E-state index is 14.9. The van der Waals surface area contributed by atoms with E-state index in [9.17, 15) is 13.7 Å². The van der Waals surface area contributed by atoms with E-state index in [1.165, 1.54) is 0 Å². The Labute approximate surface area is 361 Å². The Hall–Kier alpha value is -3.84. The molecule has 0 spiro atoms. The second-order valence-electron chi connectivity index (χ2n) is 12.4. The van der Waals surface area contributed by atoms with Gasteiger partial charge in [0.25, 0.3) is 20.2 Å². The van der Waals surface area contributed by atoms with Crippen LogP contribution < -0.4 is 114 Å². The maximum absolute atomic E-state index is 14.9. The maximum Gasteiger partial charge on any atom is 0.252 e. The van der Waals surface area contributed by atoms with Gasteiger partial charge in [-0.3, -0.25) is 9.59 Å². The molecule has 2 N–H and O–H groups in total. The molecule has 0 saturated heterocycles. The quantitative estimate of drug-likeness (QED) is 0.0762. The zero-order valence-corrected chi connectivity index (χ0v) is 38.0. The summed E-state index contributed by atoms with van der Waals surface area (Å²) in [6, 6.07) is 20.2. The van der Waals surface area contributed by atoms with Gasteiger partial charge in [-0.15, -0.1) is 0 Å². The van der Waals surface area contributed by atoms with Crippen molar-refractivity contribution in [2.45, 2.75) is 109 Å². The summed E-state index contributed by atoms with van der Waals surface area (Å²) < 4.78 is 21.2. The number of halogens is 23. The van der Waals surface area contributed by atoms with Gasteiger partial charge in [0.05, 0.1) is 0 Å². The number of amides is 2. The van der Waals surface area contributed by atoms with Gasteiger partial charge in [0.15, 0.2) is 8.32 Å². The standard InChI is InChI=1S/C18H31NO2Si.C16H26FNOSi.22FH/c1-6-21-22(15(2)3,16(4)5)14-10-13-19-18(20)17-11-8-7-9-12-17;1-13(2)20(17,14(3)4)12-8-11-18-16(19)15-9-6-5-7-10-15;;;;;;;;;;;;;;;;;;;;;;/h7-9,11-12,15-16H,6,10,13-14H2,1-5H3,(H,19,20);5-7,9-10,13-14H,8,11-12H2,1-4H3,(H,18,19);22*1H/p-22. The van der Waals surface area contributed by atoms with Crippen LogP contribution in [-0.2, 0) is 4.43 Å². The number of carbonyl (C=O) groups is 2. The molecule has 0 aliphatic carbocycles. The lowest BCUT2D eigenvalue weighted by atomic mass is 10.2. The molecular weight excluding hydrogens is 978 g/mol. The number of benzene rings is 2. The summed E-state index contributed by atoms with van der Waals surface area (Å²) >= 11 is 0. The fourth-order valence-electron chi connectivity index (χ4n) is 5.67. The summed E-state index contributed by atoms with van der Waals surface area (Å²) in [5.74, 6) is -0.0656. The van der Waals surface area contributed by atoms with Gasteiger partial charge in [0.1, 0.15) is 0 Å². The molecule has 2 aromatic rings. The van der Waals surface area contributed by atoms with Crippen LogP contribution in [0.3, 0.4) is 0 Å². The highest BCUT2D eigenvalue weighted by atomic mass is 28.4. The Morgan fingerprint density at radius 1 is 0.453 bits per heavy atom. The van der Waals surface area contributed by atoms with Crippen LogP contribution in [0.5, 0.6) is 0 Å². The Kier molecular flexibility index (Phi) is 166. The monoisotopic (exact) mass is 1030 g/mol. The predicted octanol–water partition coefficient (Wildman–Crippen LogP) is -56.8. The van der Waals surface area contributed by atoms with E-state index in [0.29, 0.717) is 29.2 Å². The minimum absolute atomic E-state index is 0. The molecule has 5 nitrogen and oxygen atoms in total. The van der Waals surface area contributed by atoms with Crippen molar-refractivity contribution >= 4 is 28.5 Å². The second kappa shape index (κ2) is 73.6. The van der Waals surface area contributed by atoms with Gasteiger partial charge >= 0.3 is 0 Å². The van der Waals surface area contributed by atoms with Gasteiger partial charge in [-0.25, -0.2) is 0 Å². The number of rotatable bonds is 16. The first-order valence-electron chi connectivity index (χ1n) is 15.8. The van der Waals surface area contributed by atoms with Gasteiger partial charge in [-0.1, -0.05) is 91.8 Å². The van der Waals surface area contributed by atoms with Crippen LogP contribution in [0.15, 0.2) is 60.7 Å². The first kappa shape index (κ1) is 145. The number of carbonyl (C=O) groups excluding carboxylic acids is 2. The van der Waals surface area contributed by atoms with Crippen molar-refractivity contribution < 1.29 is 122 Å². The topological polar surface area (TPSA) is 67.4 Å². The molecule has 2 rings (SSSR count). The fourth-order valence-corrected chi connectivity index (χ4v) is 13.4. The van der Waals surface area contributed by atoms with E-state index in [1.807, 2.05) is 76.2 Å². The van der Waals surface area contributed by atoms with E-state index in [4.69, 9.17) is 4.43 Å². The van der Waals surface area contributed by atoms with Crippen LogP contribution in [0.25, 0.3) is 0 Å². The molecule has 0 radical (unpaired) electrons. The molecule has 0 saturated carbocycles. The summed E-state index contributed by atoms with van der Waals surface area (Å²) in [4.78, 5) is 23.9. The molecule has 0 bridgehead atoms. The number of hydrogen-bond donors (Lipinski definition) is 2. The van der Waals surface area contributed by atoms with Crippen molar-refractivity contribution in [1.29, 1.82) is 0 Å². The Morgan fingerprint density at radius 3 is 0.922 bits per heavy atom. The number of nitrogens with one attached hydrogen (secondary N) is 2. The van der Waals surface area contributed by atoms with Crippen LogP contribution in [-0.4, -0.2) is 48.2 Å². The zero-order valence-electron chi connectivity index (χ0n) is 36.0. The molecule has 0 fully saturated rings. The van der Waals surface area contributed by atoms with Crippen LogP contribution in [0, 0.1) is 0 Å². The molecule has 2 aromatic carbocycles. The first-order chi connectivity index (χ1) is 19.8. The first-order valence-corrected chi connectivity index (χ1v) is 20.3. The van der Waals surface area contributed by atoms with Crippen molar-refractivity contribution in [2.75, 3.05) is 19.7 Å². The normalized spacial score (nSPS) is 7.84. The van der Waals surface area contributed by atoms with E-state index in [-0.39, 0.29) is 126 Å². The van der Waals surface area contributed by atoms with Crippen LogP contribution >= 0.6 is 0 Å². The van der Waals surface area contributed by atoms with Gasteiger partial charge < -0.3 is 123 Å². The van der Waals surface area contributed by atoms with E-state index < -0.39 is 16.7 Å². The van der Waals surface area contributed by atoms with E-state index in [1.54, 1.807) is 12.1 Å². The van der Waals surface area contributed by atoms with Crippen LogP contribution in [0.4, 0.5) is 4.11 Å². The molecule has 2 amide bonds. The van der Waals surface area contributed by atoms with Crippen molar-refractivity contribution in [3.8, 4) is 0 Å². The van der Waals surface area contributed by atoms with Crippen LogP contribution in [0.1, 0.15) is 95.9 Å². The molecule has 0 aliphatic heterocycles. The average Bonchev–Trinajstić information content (AvgIpc) is 2.97. The molecule has 0 atom stereocenters. The molecular formula is C34H57F23N2O3Si2-22. The van der Waals surface area contributed by atoms with E-state index >= 15 is 0 Å². The molecule has 30 heteroatoms. The summed E-state index contributed by atoms with van der Waals surface area (Å²) in [6.45, 7) is 21.2. The zero-order chi connectivity index (χ0) is 31.8. The average molecular weight is 1030 g/mol. The third kappa shape index (κ3) is 46.2. The fraction of sp³-hybridized carbons (Fsp3) is 0.588. The number of hydrogen-bond acceptors (Lipinski definition) is 3. The molecule has 0 aromatic heterocycles. The van der Waals surface area contributed by atoms with E-state index in [2.05, 4.69) is 45.3 Å². The lowest BCUT2D eigenvalue weighted by molar-refractivity contribution is -0.00100. The lowest BCUT2D eigenvalue weighted by Crippen LogP contribution is -3.00. The van der Waals surface area contributed by atoms with Crippen molar-refractivity contribution in [3.05, 3.63) is 71.8 Å².